The minimum absolute atomic E-state index is 0.0847. The maximum Gasteiger partial charge on any atom is 0.297 e. The van der Waals surface area contributed by atoms with Gasteiger partial charge in [-0.1, -0.05) is 46.3 Å². The molecule has 2 aromatic carbocycles. The second-order valence-electron chi connectivity index (χ2n) is 6.57. The summed E-state index contributed by atoms with van der Waals surface area (Å²) < 4.78 is 6.71. The first-order chi connectivity index (χ1) is 13.5. The zero-order valence-electron chi connectivity index (χ0n) is 14.7. The van der Waals surface area contributed by atoms with Crippen LogP contribution in [0.4, 0.5) is 5.13 Å². The summed E-state index contributed by atoms with van der Waals surface area (Å²) >= 11 is 4.78. The molecule has 5 nitrogen and oxygen atoms in total. The van der Waals surface area contributed by atoms with Gasteiger partial charge in [0, 0.05) is 9.85 Å². The Morgan fingerprint density at radius 2 is 1.93 bits per heavy atom. The van der Waals surface area contributed by atoms with Crippen molar-refractivity contribution in [1.82, 2.24) is 4.98 Å². The minimum Gasteiger partial charge on any atom is -0.450 e. The van der Waals surface area contributed by atoms with Crippen LogP contribution in [-0.2, 0) is 0 Å². The van der Waals surface area contributed by atoms with E-state index in [0.717, 1.165) is 15.7 Å². The van der Waals surface area contributed by atoms with E-state index >= 15 is 0 Å². The number of aryl methyl sites for hydroxylation is 1. The third kappa shape index (κ3) is 2.54. The van der Waals surface area contributed by atoms with Gasteiger partial charge in [-0.15, -0.1) is 11.3 Å². The van der Waals surface area contributed by atoms with Crippen molar-refractivity contribution in [2.24, 2.45) is 0 Å². The molecule has 7 heteroatoms. The quantitative estimate of drug-likeness (QED) is 0.425. The van der Waals surface area contributed by atoms with E-state index < -0.39 is 6.04 Å². The van der Waals surface area contributed by atoms with Crippen LogP contribution in [0.5, 0.6) is 0 Å². The largest absolute Gasteiger partial charge is 0.450 e. The average Bonchev–Trinajstić information content (AvgIpc) is 3.24. The molecule has 4 aromatic rings. The Morgan fingerprint density at radius 3 is 2.64 bits per heavy atom. The molecule has 2 aromatic heterocycles. The zero-order chi connectivity index (χ0) is 19.4. The number of halogens is 1. The topological polar surface area (TPSA) is 63.4 Å². The van der Waals surface area contributed by atoms with Crippen LogP contribution < -0.4 is 10.3 Å². The SMILES string of the molecule is Cc1csc(N2C(=O)c3oc4ccc(Br)cc4c(=O)c3[C@H]2c2ccccc2)n1. The van der Waals surface area contributed by atoms with Crippen molar-refractivity contribution in [2.75, 3.05) is 4.90 Å². The number of benzene rings is 2. The Hall–Kier alpha value is -2.77. The molecule has 1 aliphatic heterocycles. The van der Waals surface area contributed by atoms with Crippen LogP contribution in [0.2, 0.25) is 0 Å². The Kier molecular flexibility index (Phi) is 3.96. The molecule has 1 atom stereocenters. The normalized spacial score (nSPS) is 16.0. The molecule has 0 radical (unpaired) electrons. The van der Waals surface area contributed by atoms with E-state index in [2.05, 4.69) is 20.9 Å². The highest BCUT2D eigenvalue weighted by molar-refractivity contribution is 9.10. The van der Waals surface area contributed by atoms with E-state index in [1.807, 2.05) is 42.6 Å². The van der Waals surface area contributed by atoms with Gasteiger partial charge in [0.2, 0.25) is 5.76 Å². The maximum atomic E-state index is 13.4. The summed E-state index contributed by atoms with van der Waals surface area (Å²) in [4.78, 5) is 32.8. The maximum absolute atomic E-state index is 13.4. The fraction of sp³-hybridized carbons (Fsp3) is 0.0952. The van der Waals surface area contributed by atoms with E-state index in [4.69, 9.17) is 4.42 Å². The fourth-order valence-electron chi connectivity index (χ4n) is 3.55. The summed E-state index contributed by atoms with van der Waals surface area (Å²) in [5.41, 5.74) is 2.21. The first-order valence-corrected chi connectivity index (χ1v) is 10.3. The lowest BCUT2D eigenvalue weighted by atomic mass is 9.99. The van der Waals surface area contributed by atoms with Gasteiger partial charge >= 0.3 is 0 Å². The second-order valence-corrected chi connectivity index (χ2v) is 8.33. The number of rotatable bonds is 2. The molecule has 1 aliphatic rings. The fourth-order valence-corrected chi connectivity index (χ4v) is 4.73. The van der Waals surface area contributed by atoms with E-state index in [9.17, 15) is 9.59 Å². The summed E-state index contributed by atoms with van der Waals surface area (Å²) in [5, 5.41) is 2.88. The minimum atomic E-state index is -0.575. The molecular weight excluding hydrogens is 440 g/mol. The molecule has 0 aliphatic carbocycles. The highest BCUT2D eigenvalue weighted by Crippen LogP contribution is 2.42. The van der Waals surface area contributed by atoms with Crippen molar-refractivity contribution in [1.29, 1.82) is 0 Å². The van der Waals surface area contributed by atoms with Crippen LogP contribution in [0.15, 0.2) is 67.6 Å². The monoisotopic (exact) mass is 452 g/mol. The van der Waals surface area contributed by atoms with Crippen LogP contribution in [0.1, 0.15) is 33.4 Å². The van der Waals surface area contributed by atoms with E-state index in [1.165, 1.54) is 11.3 Å². The number of nitrogens with zero attached hydrogens (tertiary/aromatic N) is 2. The lowest BCUT2D eigenvalue weighted by molar-refractivity contribution is 0.0971. The summed E-state index contributed by atoms with van der Waals surface area (Å²) in [5.74, 6) is -0.262. The predicted molar refractivity (Wildman–Crippen MR) is 112 cm³/mol. The zero-order valence-corrected chi connectivity index (χ0v) is 17.1. The van der Waals surface area contributed by atoms with Gasteiger partial charge in [-0.25, -0.2) is 4.98 Å². The van der Waals surface area contributed by atoms with Gasteiger partial charge in [-0.2, -0.15) is 0 Å². The van der Waals surface area contributed by atoms with Crippen LogP contribution in [-0.4, -0.2) is 10.9 Å². The molecule has 0 saturated carbocycles. The number of aromatic nitrogens is 1. The van der Waals surface area contributed by atoms with Gasteiger partial charge < -0.3 is 4.42 Å². The van der Waals surface area contributed by atoms with Gasteiger partial charge in [0.1, 0.15) is 5.58 Å². The molecule has 138 valence electrons. The number of carbonyl (C=O) groups is 1. The summed E-state index contributed by atoms with van der Waals surface area (Å²) in [6, 6.07) is 14.1. The smallest absolute Gasteiger partial charge is 0.297 e. The van der Waals surface area contributed by atoms with E-state index in [0.29, 0.717) is 21.7 Å². The van der Waals surface area contributed by atoms with Crippen molar-refractivity contribution >= 4 is 49.3 Å². The molecule has 0 N–H and O–H groups in total. The Labute approximate surface area is 172 Å². The number of anilines is 1. The molecule has 0 bridgehead atoms. The lowest BCUT2D eigenvalue weighted by Crippen LogP contribution is -2.29. The van der Waals surface area contributed by atoms with Crippen molar-refractivity contribution in [3.05, 3.63) is 91.2 Å². The Morgan fingerprint density at radius 1 is 1.14 bits per heavy atom. The number of fused-ring (bicyclic) bond motifs is 2. The van der Waals surface area contributed by atoms with Gasteiger partial charge in [0.15, 0.2) is 10.6 Å². The molecule has 1 amide bonds. The Bertz CT molecular complexity index is 1300. The average molecular weight is 453 g/mol. The third-order valence-corrected chi connectivity index (χ3v) is 6.21. The van der Waals surface area contributed by atoms with Crippen molar-refractivity contribution in [3.63, 3.8) is 0 Å². The lowest BCUT2D eigenvalue weighted by Gasteiger charge is -2.22. The number of carbonyl (C=O) groups excluding carboxylic acids is 1. The number of amides is 1. The molecule has 28 heavy (non-hydrogen) atoms. The molecular formula is C21H13BrN2O3S. The predicted octanol–water partition coefficient (Wildman–Crippen LogP) is 5.07. The third-order valence-electron chi connectivity index (χ3n) is 4.76. The van der Waals surface area contributed by atoms with Gasteiger partial charge in [0.25, 0.3) is 5.91 Å². The molecule has 0 fully saturated rings. The standard InChI is InChI=1S/C21H13BrN2O3S/c1-11-10-28-21(23-11)24-17(12-5-3-2-4-6-12)16-18(25)14-9-13(22)7-8-15(14)27-19(16)20(24)26/h2-10,17H,1H3/t17-/m1/s1. The molecule has 0 saturated heterocycles. The van der Waals surface area contributed by atoms with Crippen LogP contribution in [0.3, 0.4) is 0 Å². The Balaban J connectivity index is 1.84. The van der Waals surface area contributed by atoms with Crippen molar-refractivity contribution in [2.45, 2.75) is 13.0 Å². The summed E-state index contributed by atoms with van der Waals surface area (Å²) in [7, 11) is 0. The van der Waals surface area contributed by atoms with Crippen LogP contribution >= 0.6 is 27.3 Å². The molecule has 3 heterocycles. The van der Waals surface area contributed by atoms with Crippen LogP contribution in [0, 0.1) is 6.92 Å². The second kappa shape index (κ2) is 6.39. The van der Waals surface area contributed by atoms with Gasteiger partial charge in [-0.3, -0.25) is 14.5 Å². The van der Waals surface area contributed by atoms with Crippen LogP contribution in [0.25, 0.3) is 11.0 Å². The summed E-state index contributed by atoms with van der Waals surface area (Å²) in [6.07, 6.45) is 0. The van der Waals surface area contributed by atoms with Gasteiger partial charge in [-0.05, 0) is 30.7 Å². The highest BCUT2D eigenvalue weighted by Gasteiger charge is 2.44. The number of thiazole rings is 1. The molecule has 0 spiro atoms. The van der Waals surface area contributed by atoms with Gasteiger partial charge in [0.05, 0.1) is 22.7 Å². The van der Waals surface area contributed by atoms with Crippen molar-refractivity contribution < 1.29 is 9.21 Å². The number of hydrogen-bond donors (Lipinski definition) is 0. The molecule has 5 rings (SSSR count). The van der Waals surface area contributed by atoms with Crippen molar-refractivity contribution in [3.8, 4) is 0 Å². The number of hydrogen-bond acceptors (Lipinski definition) is 5. The van der Waals surface area contributed by atoms with E-state index in [-0.39, 0.29) is 17.1 Å². The van der Waals surface area contributed by atoms with E-state index in [1.54, 1.807) is 23.1 Å². The first kappa shape index (κ1) is 17.3. The highest BCUT2D eigenvalue weighted by atomic mass is 79.9. The summed E-state index contributed by atoms with van der Waals surface area (Å²) in [6.45, 7) is 1.88. The molecule has 0 unspecified atom stereocenters. The first-order valence-electron chi connectivity index (χ1n) is 8.61.